The van der Waals surface area contributed by atoms with Gasteiger partial charge in [-0.05, 0) is 25.7 Å². The monoisotopic (exact) mass is 253 g/mol. The third kappa shape index (κ3) is 2.66. The van der Waals surface area contributed by atoms with Crippen molar-refractivity contribution in [3.8, 4) is 0 Å². The van der Waals surface area contributed by atoms with Crippen molar-refractivity contribution in [3.63, 3.8) is 0 Å². The van der Waals surface area contributed by atoms with Crippen LogP contribution in [-0.2, 0) is 10.0 Å². The summed E-state index contributed by atoms with van der Waals surface area (Å²) in [5.74, 6) is 0.550. The molecule has 0 aliphatic carbocycles. The third-order valence-corrected chi connectivity index (χ3v) is 6.01. The van der Waals surface area contributed by atoms with Gasteiger partial charge in [0, 0.05) is 18.5 Å². The number of hydrogen-bond acceptors (Lipinski definition) is 2. The predicted molar refractivity (Wildman–Crippen MR) is 63.7 cm³/mol. The van der Waals surface area contributed by atoms with Crippen molar-refractivity contribution in [2.45, 2.75) is 44.9 Å². The molecule has 0 aromatic rings. The minimum atomic E-state index is -3.18. The zero-order valence-electron chi connectivity index (χ0n) is 9.61. The van der Waals surface area contributed by atoms with Gasteiger partial charge >= 0.3 is 0 Å². The van der Waals surface area contributed by atoms with Crippen LogP contribution < -0.4 is 0 Å². The van der Waals surface area contributed by atoms with Crippen LogP contribution in [0.2, 0.25) is 0 Å². The fourth-order valence-electron chi connectivity index (χ4n) is 2.06. The van der Waals surface area contributed by atoms with E-state index in [-0.39, 0.29) is 11.9 Å². The van der Waals surface area contributed by atoms with E-state index in [0.717, 1.165) is 12.8 Å². The van der Waals surface area contributed by atoms with Crippen molar-refractivity contribution in [3.05, 3.63) is 0 Å². The zero-order chi connectivity index (χ0) is 11.6. The fourth-order valence-corrected chi connectivity index (χ4v) is 4.27. The average molecular weight is 254 g/mol. The van der Waals surface area contributed by atoms with Gasteiger partial charge < -0.3 is 0 Å². The molecule has 0 saturated carbocycles. The van der Waals surface area contributed by atoms with Gasteiger partial charge in [0.2, 0.25) is 10.0 Å². The minimum absolute atomic E-state index is 0.167. The highest BCUT2D eigenvalue weighted by atomic mass is 35.5. The lowest BCUT2D eigenvalue weighted by Crippen LogP contribution is -2.43. The van der Waals surface area contributed by atoms with Crippen LogP contribution in [0, 0.1) is 5.92 Å². The highest BCUT2D eigenvalue weighted by Crippen LogP contribution is 2.28. The van der Waals surface area contributed by atoms with Crippen LogP contribution >= 0.6 is 11.6 Å². The minimum Gasteiger partial charge on any atom is -0.212 e. The smallest absolute Gasteiger partial charge is 0.212 e. The molecule has 1 fully saturated rings. The highest BCUT2D eigenvalue weighted by Gasteiger charge is 2.38. The van der Waals surface area contributed by atoms with Gasteiger partial charge in [-0.3, -0.25) is 0 Å². The normalized spacial score (nSPS) is 26.1. The van der Waals surface area contributed by atoms with E-state index in [4.69, 9.17) is 11.6 Å². The number of halogens is 1. The Morgan fingerprint density at radius 2 is 2.00 bits per heavy atom. The second kappa shape index (κ2) is 5.02. The van der Waals surface area contributed by atoms with E-state index in [1.807, 2.05) is 0 Å². The number of nitrogens with zero attached hydrogens (tertiary/aromatic N) is 1. The van der Waals surface area contributed by atoms with Gasteiger partial charge in [-0.2, -0.15) is 4.31 Å². The lowest BCUT2D eigenvalue weighted by molar-refractivity contribution is 0.313. The van der Waals surface area contributed by atoms with E-state index in [2.05, 4.69) is 13.8 Å². The molecule has 1 heterocycles. The van der Waals surface area contributed by atoms with Crippen LogP contribution in [0.15, 0.2) is 0 Å². The lowest BCUT2D eigenvalue weighted by Gasteiger charge is -2.28. The molecule has 0 spiro atoms. The number of sulfonamides is 1. The summed E-state index contributed by atoms with van der Waals surface area (Å²) in [6, 6.07) is 0.167. The van der Waals surface area contributed by atoms with E-state index in [1.54, 1.807) is 11.2 Å². The Hall–Kier alpha value is 0.200. The van der Waals surface area contributed by atoms with Crippen LogP contribution in [0.3, 0.4) is 0 Å². The van der Waals surface area contributed by atoms with E-state index >= 15 is 0 Å². The molecule has 15 heavy (non-hydrogen) atoms. The Labute approximate surface area is 97.8 Å². The summed E-state index contributed by atoms with van der Waals surface area (Å²) in [7, 11) is -3.18. The Balaban J connectivity index is 2.87. The lowest BCUT2D eigenvalue weighted by atomic mass is 10.0. The molecular formula is C10H20ClNO2S. The molecule has 0 N–H and O–H groups in total. The Morgan fingerprint density at radius 3 is 2.47 bits per heavy atom. The van der Waals surface area contributed by atoms with Crippen LogP contribution in [0.1, 0.15) is 33.6 Å². The van der Waals surface area contributed by atoms with E-state index in [1.165, 1.54) is 0 Å². The van der Waals surface area contributed by atoms with Gasteiger partial charge in [0.15, 0.2) is 0 Å². The Morgan fingerprint density at radius 1 is 1.40 bits per heavy atom. The molecule has 1 saturated heterocycles. The molecule has 1 rings (SSSR count). The summed E-state index contributed by atoms with van der Waals surface area (Å²) in [4.78, 5) is 0. The number of alkyl halides is 1. The molecule has 0 aromatic carbocycles. The Bertz CT molecular complexity index is 303. The van der Waals surface area contributed by atoms with Crippen molar-refractivity contribution < 1.29 is 8.42 Å². The van der Waals surface area contributed by atoms with Crippen molar-refractivity contribution in [2.75, 3.05) is 12.4 Å². The maximum Gasteiger partial charge on any atom is 0.218 e. The highest BCUT2D eigenvalue weighted by molar-refractivity contribution is 7.89. The molecule has 2 unspecified atom stereocenters. The van der Waals surface area contributed by atoms with Crippen LogP contribution in [0.25, 0.3) is 0 Å². The molecule has 0 bridgehead atoms. The molecule has 90 valence electrons. The van der Waals surface area contributed by atoms with Crippen molar-refractivity contribution >= 4 is 21.6 Å². The van der Waals surface area contributed by atoms with Gasteiger partial charge in [-0.15, -0.1) is 11.6 Å². The first-order valence-corrected chi connectivity index (χ1v) is 7.51. The summed E-state index contributed by atoms with van der Waals surface area (Å²) in [6.07, 6.45) is 1.95. The van der Waals surface area contributed by atoms with Gasteiger partial charge in [-0.1, -0.05) is 13.8 Å². The summed E-state index contributed by atoms with van der Waals surface area (Å²) in [5, 5.41) is -0.474. The van der Waals surface area contributed by atoms with Crippen LogP contribution in [-0.4, -0.2) is 36.4 Å². The fraction of sp³-hybridized carbons (Fsp3) is 1.00. The molecule has 0 amide bonds. The molecule has 5 heteroatoms. The predicted octanol–water partition coefficient (Wildman–Crippen LogP) is 2.06. The van der Waals surface area contributed by atoms with Crippen molar-refractivity contribution in [1.82, 2.24) is 4.31 Å². The summed E-state index contributed by atoms with van der Waals surface area (Å²) in [5.41, 5.74) is 0. The second-order valence-corrected chi connectivity index (χ2v) is 7.19. The zero-order valence-corrected chi connectivity index (χ0v) is 11.2. The van der Waals surface area contributed by atoms with E-state index in [9.17, 15) is 8.42 Å². The molecule has 1 aliphatic rings. The molecule has 2 atom stereocenters. The first kappa shape index (κ1) is 13.3. The third-order valence-electron chi connectivity index (χ3n) is 3.07. The number of rotatable bonds is 4. The van der Waals surface area contributed by atoms with E-state index < -0.39 is 15.3 Å². The first-order valence-electron chi connectivity index (χ1n) is 5.48. The molecule has 0 aromatic heterocycles. The quantitative estimate of drug-likeness (QED) is 0.720. The number of hydrogen-bond donors (Lipinski definition) is 0. The molecular weight excluding hydrogens is 234 g/mol. The molecule has 1 aliphatic heterocycles. The van der Waals surface area contributed by atoms with Crippen molar-refractivity contribution in [1.29, 1.82) is 0 Å². The van der Waals surface area contributed by atoms with Crippen molar-refractivity contribution in [2.24, 2.45) is 5.92 Å². The average Bonchev–Trinajstić information content (AvgIpc) is 2.65. The summed E-state index contributed by atoms with van der Waals surface area (Å²) in [6.45, 7) is 6.48. The maximum absolute atomic E-state index is 12.1. The maximum atomic E-state index is 12.1. The second-order valence-electron chi connectivity index (χ2n) is 4.57. The van der Waals surface area contributed by atoms with Gasteiger partial charge in [0.1, 0.15) is 0 Å². The first-order chi connectivity index (χ1) is 6.91. The van der Waals surface area contributed by atoms with E-state index in [0.29, 0.717) is 12.5 Å². The van der Waals surface area contributed by atoms with Gasteiger partial charge in [-0.25, -0.2) is 8.42 Å². The standard InChI is InChI=1S/C10H20ClNO2S/c1-8(2)10-5-4-6-12(10)15(13,14)9(3)7-11/h8-10H,4-7H2,1-3H3. The molecule has 3 nitrogen and oxygen atoms in total. The van der Waals surface area contributed by atoms with Crippen LogP contribution in [0.5, 0.6) is 0 Å². The molecule has 0 radical (unpaired) electrons. The Kier molecular flexibility index (Phi) is 4.44. The SMILES string of the molecule is CC(C)C1CCCN1S(=O)(=O)C(C)CCl. The topological polar surface area (TPSA) is 37.4 Å². The van der Waals surface area contributed by atoms with Crippen LogP contribution in [0.4, 0.5) is 0 Å². The van der Waals surface area contributed by atoms with Gasteiger partial charge in [0.25, 0.3) is 0 Å². The summed E-state index contributed by atoms with van der Waals surface area (Å²) < 4.78 is 25.9. The summed E-state index contributed by atoms with van der Waals surface area (Å²) >= 11 is 5.64. The van der Waals surface area contributed by atoms with Gasteiger partial charge in [0.05, 0.1) is 5.25 Å². The largest absolute Gasteiger partial charge is 0.218 e.